The zero-order valence-electron chi connectivity index (χ0n) is 15.2. The van der Waals surface area contributed by atoms with Crippen LogP contribution in [0.3, 0.4) is 0 Å². The normalized spacial score (nSPS) is 11.1. The molecule has 3 aromatic rings. The van der Waals surface area contributed by atoms with E-state index in [4.69, 9.17) is 17.4 Å². The molecule has 0 aliphatic heterocycles. The summed E-state index contributed by atoms with van der Waals surface area (Å²) in [7, 11) is 0. The average molecular weight is 387 g/mol. The lowest BCUT2D eigenvalue weighted by atomic mass is 10.2. The first-order valence-corrected chi connectivity index (χ1v) is 8.66. The first kappa shape index (κ1) is 19.4. The van der Waals surface area contributed by atoms with Crippen molar-refractivity contribution in [3.05, 3.63) is 52.3 Å². The zero-order chi connectivity index (χ0) is 20.3. The number of aliphatic hydroxyl groups excluding tert-OH is 1. The van der Waals surface area contributed by atoms with Gasteiger partial charge in [0.25, 0.3) is 12.1 Å². The van der Waals surface area contributed by atoms with Gasteiger partial charge >= 0.3 is 0 Å². The number of halogens is 2. The van der Waals surface area contributed by atoms with Crippen molar-refractivity contribution in [1.82, 2.24) is 19.6 Å². The summed E-state index contributed by atoms with van der Waals surface area (Å²) in [5.41, 5.74) is 7.50. The topological polar surface area (TPSA) is 106 Å². The summed E-state index contributed by atoms with van der Waals surface area (Å²) in [6, 6.07) is 5.34. The minimum atomic E-state index is -2.76. The lowest BCUT2D eigenvalue weighted by Gasteiger charge is -2.11. The van der Waals surface area contributed by atoms with Crippen LogP contribution in [0.25, 0.3) is 10.5 Å². The molecule has 0 aliphatic carbocycles. The fraction of sp³-hybridized carbons (Fsp3) is 0.333. The molecule has 10 heteroatoms. The lowest BCUT2D eigenvalue weighted by Crippen LogP contribution is -2.11. The van der Waals surface area contributed by atoms with Gasteiger partial charge in [-0.25, -0.2) is 23.1 Å². The number of nitrogen functional groups attached to an aromatic ring is 1. The highest BCUT2D eigenvalue weighted by Crippen LogP contribution is 2.34. The van der Waals surface area contributed by atoms with Crippen LogP contribution in [0.4, 0.5) is 26.1 Å². The molecule has 0 saturated heterocycles. The molecule has 0 aromatic carbocycles. The van der Waals surface area contributed by atoms with Gasteiger partial charge in [0.15, 0.2) is 5.65 Å². The molecule has 0 unspecified atom stereocenters. The number of nitrogens with two attached hydrogens (primary N) is 1. The summed E-state index contributed by atoms with van der Waals surface area (Å²) in [6.45, 7) is 9.36. The van der Waals surface area contributed by atoms with E-state index in [-0.39, 0.29) is 35.3 Å². The molecule has 4 N–H and O–H groups in total. The first-order valence-electron chi connectivity index (χ1n) is 8.66. The summed E-state index contributed by atoms with van der Waals surface area (Å²) in [6.07, 6.45) is -1.93. The molecule has 3 heterocycles. The van der Waals surface area contributed by atoms with E-state index >= 15 is 0 Å². The van der Waals surface area contributed by atoms with E-state index in [0.717, 1.165) is 10.2 Å². The van der Waals surface area contributed by atoms with E-state index < -0.39 is 6.43 Å². The Morgan fingerprint density at radius 3 is 2.71 bits per heavy atom. The molecule has 0 spiro atoms. The molecular formula is C18H19F2N7O. The molecule has 146 valence electrons. The van der Waals surface area contributed by atoms with Gasteiger partial charge in [0, 0.05) is 24.2 Å². The molecule has 8 nitrogen and oxygen atoms in total. The second-order valence-electron chi connectivity index (χ2n) is 6.01. The highest BCUT2D eigenvalue weighted by molar-refractivity contribution is 5.80. The summed E-state index contributed by atoms with van der Waals surface area (Å²) < 4.78 is 27.7. The van der Waals surface area contributed by atoms with Crippen molar-refractivity contribution in [2.75, 3.05) is 17.6 Å². The number of alkyl halides is 2. The predicted molar refractivity (Wildman–Crippen MR) is 100 cm³/mol. The summed E-state index contributed by atoms with van der Waals surface area (Å²) in [5, 5.41) is 16.0. The van der Waals surface area contributed by atoms with E-state index in [0.29, 0.717) is 30.6 Å². The lowest BCUT2D eigenvalue weighted by molar-refractivity contribution is 0.144. The van der Waals surface area contributed by atoms with E-state index in [1.165, 1.54) is 0 Å². The van der Waals surface area contributed by atoms with Crippen LogP contribution in [-0.4, -0.2) is 31.2 Å². The molecule has 0 saturated carbocycles. The smallest absolute Gasteiger partial charge is 0.282 e. The fourth-order valence-corrected chi connectivity index (χ4v) is 2.93. The van der Waals surface area contributed by atoms with Gasteiger partial charge in [-0.1, -0.05) is 13.0 Å². The van der Waals surface area contributed by atoms with Gasteiger partial charge in [-0.05, 0) is 18.6 Å². The monoisotopic (exact) mass is 387 g/mol. The molecule has 0 bridgehead atoms. The SMILES string of the molecule is [C-]#[N+]c1c(NCCc2cccc(CO)n2)nc2c(CC)c(C(F)F)nn2c1N. The van der Waals surface area contributed by atoms with Crippen LogP contribution in [0.2, 0.25) is 0 Å². The Morgan fingerprint density at radius 1 is 1.32 bits per heavy atom. The van der Waals surface area contributed by atoms with Crippen LogP contribution in [0, 0.1) is 6.57 Å². The second kappa shape index (κ2) is 8.14. The van der Waals surface area contributed by atoms with Gasteiger partial charge < -0.3 is 16.2 Å². The van der Waals surface area contributed by atoms with Gasteiger partial charge in [-0.15, -0.1) is 0 Å². The summed E-state index contributed by atoms with van der Waals surface area (Å²) >= 11 is 0. The van der Waals surface area contributed by atoms with E-state index in [1.54, 1.807) is 19.1 Å². The van der Waals surface area contributed by atoms with Crippen molar-refractivity contribution in [2.45, 2.75) is 32.8 Å². The number of anilines is 2. The third-order valence-electron chi connectivity index (χ3n) is 4.27. The largest absolute Gasteiger partial charge is 0.392 e. The average Bonchev–Trinajstić information content (AvgIpc) is 3.07. The predicted octanol–water partition coefficient (Wildman–Crippen LogP) is 2.90. The highest BCUT2D eigenvalue weighted by atomic mass is 19.3. The number of nitrogens with zero attached hydrogens (tertiary/aromatic N) is 5. The first-order chi connectivity index (χ1) is 13.5. The molecule has 28 heavy (non-hydrogen) atoms. The van der Waals surface area contributed by atoms with Crippen LogP contribution in [0.1, 0.15) is 36.0 Å². The van der Waals surface area contributed by atoms with Crippen LogP contribution < -0.4 is 11.1 Å². The third kappa shape index (κ3) is 3.57. The van der Waals surface area contributed by atoms with Crippen molar-refractivity contribution in [3.63, 3.8) is 0 Å². The van der Waals surface area contributed by atoms with Crippen molar-refractivity contribution in [1.29, 1.82) is 0 Å². The van der Waals surface area contributed by atoms with E-state index in [1.807, 2.05) is 6.07 Å². The molecule has 3 rings (SSSR count). The zero-order valence-corrected chi connectivity index (χ0v) is 15.2. The number of nitrogens with one attached hydrogen (secondary N) is 1. The molecular weight excluding hydrogens is 368 g/mol. The number of hydrogen-bond acceptors (Lipinski definition) is 6. The maximum atomic E-state index is 13.3. The maximum Gasteiger partial charge on any atom is 0.282 e. The van der Waals surface area contributed by atoms with Gasteiger partial charge in [0.2, 0.25) is 0 Å². The number of aromatic nitrogens is 4. The molecule has 0 fully saturated rings. The number of pyridine rings is 1. The third-order valence-corrected chi connectivity index (χ3v) is 4.27. The molecule has 0 atom stereocenters. The van der Waals surface area contributed by atoms with Crippen molar-refractivity contribution in [2.24, 2.45) is 0 Å². The number of rotatable bonds is 7. The second-order valence-corrected chi connectivity index (χ2v) is 6.01. The Kier molecular flexibility index (Phi) is 5.65. The highest BCUT2D eigenvalue weighted by Gasteiger charge is 2.24. The number of fused-ring (bicyclic) bond motifs is 1. The van der Waals surface area contributed by atoms with Crippen LogP contribution in [-0.2, 0) is 19.4 Å². The van der Waals surface area contributed by atoms with Crippen molar-refractivity contribution in [3.8, 4) is 0 Å². The Hall–Kier alpha value is -3.32. The van der Waals surface area contributed by atoms with Crippen molar-refractivity contribution < 1.29 is 13.9 Å². The number of hydrogen-bond donors (Lipinski definition) is 3. The van der Waals surface area contributed by atoms with Gasteiger partial charge in [0.05, 0.1) is 18.9 Å². The Bertz CT molecular complexity index is 1040. The van der Waals surface area contributed by atoms with Crippen LogP contribution in [0.5, 0.6) is 0 Å². The molecule has 3 aromatic heterocycles. The van der Waals surface area contributed by atoms with Gasteiger partial charge in [0.1, 0.15) is 17.3 Å². The van der Waals surface area contributed by atoms with E-state index in [2.05, 4.69) is 25.2 Å². The van der Waals surface area contributed by atoms with Crippen molar-refractivity contribution >= 4 is 23.0 Å². The van der Waals surface area contributed by atoms with Crippen LogP contribution in [0.15, 0.2) is 18.2 Å². The minimum Gasteiger partial charge on any atom is -0.392 e. The molecule has 0 aliphatic rings. The minimum absolute atomic E-state index is 0.0236. The number of aryl methyl sites for hydroxylation is 1. The Balaban J connectivity index is 1.92. The van der Waals surface area contributed by atoms with Crippen LogP contribution >= 0.6 is 0 Å². The number of aliphatic hydroxyl groups is 1. The van der Waals surface area contributed by atoms with Gasteiger partial charge in [-0.2, -0.15) is 5.10 Å². The van der Waals surface area contributed by atoms with E-state index in [9.17, 15) is 8.78 Å². The summed E-state index contributed by atoms with van der Waals surface area (Å²) in [5.74, 6) is 0.179. The Labute approximate surface area is 159 Å². The summed E-state index contributed by atoms with van der Waals surface area (Å²) in [4.78, 5) is 12.0. The molecule has 0 amide bonds. The standard InChI is InChI=1S/C18H19F2N7O/c1-3-12-13(15(19)20)26-27-16(21)14(22-2)17(25-18(12)27)23-8-7-10-5-4-6-11(9-28)24-10/h4-6,15,28H,3,7-9,21H2,1H3,(H,23,25). The van der Waals surface area contributed by atoms with Gasteiger partial charge in [-0.3, -0.25) is 4.98 Å². The maximum absolute atomic E-state index is 13.3. The Morgan fingerprint density at radius 2 is 2.07 bits per heavy atom. The fourth-order valence-electron chi connectivity index (χ4n) is 2.93. The molecule has 0 radical (unpaired) electrons. The quantitative estimate of drug-likeness (QED) is 0.539.